The number of fused-ring (bicyclic) bond motifs is 1. The Morgan fingerprint density at radius 3 is 2.46 bits per heavy atom. The number of carbonyl (C=O) groups is 1. The van der Waals surface area contributed by atoms with Crippen LogP contribution in [0, 0.1) is 0 Å². The summed E-state index contributed by atoms with van der Waals surface area (Å²) in [6.45, 7) is 4.95. The molecule has 1 atom stereocenters. The Balaban J connectivity index is 0.00000432. The number of nitrogens with one attached hydrogen (secondary N) is 1. The van der Waals surface area contributed by atoms with E-state index in [4.69, 9.17) is 0 Å². The number of aromatic hydroxyl groups is 4. The lowest BCUT2D eigenvalue weighted by molar-refractivity contribution is -0.120. The maximum Gasteiger partial charge on any atom is 0.224 e. The summed E-state index contributed by atoms with van der Waals surface area (Å²) in [5, 5.41) is 41.7. The van der Waals surface area contributed by atoms with Crippen molar-refractivity contribution in [2.24, 2.45) is 0 Å². The first-order valence-electron chi connectivity index (χ1n) is 12.4. The van der Waals surface area contributed by atoms with Gasteiger partial charge in [-0.2, -0.15) is 0 Å². The summed E-state index contributed by atoms with van der Waals surface area (Å²) in [6, 6.07) is 8.44. The van der Waals surface area contributed by atoms with Crippen LogP contribution in [0.3, 0.4) is 0 Å². The van der Waals surface area contributed by atoms with Crippen molar-refractivity contribution in [3.05, 3.63) is 47.0 Å². The molecule has 1 aliphatic carbocycles. The summed E-state index contributed by atoms with van der Waals surface area (Å²) in [6.07, 6.45) is 8.20. The molecule has 7 nitrogen and oxygen atoms in total. The van der Waals surface area contributed by atoms with Crippen molar-refractivity contribution in [1.29, 1.82) is 0 Å². The molecule has 2 aromatic rings. The molecule has 3 rings (SSSR count). The number of nitrogens with zero attached hydrogens (tertiary/aromatic N) is 1. The number of hydrogen-bond acceptors (Lipinski definition) is 6. The number of phenolic OH excluding ortho intramolecular Hbond substituents is 4. The van der Waals surface area contributed by atoms with Gasteiger partial charge in [-0.1, -0.05) is 31.9 Å². The highest BCUT2D eigenvalue weighted by Crippen LogP contribution is 2.36. The zero-order valence-electron chi connectivity index (χ0n) is 20.5. The van der Waals surface area contributed by atoms with E-state index in [0.717, 1.165) is 75.6 Å². The van der Waals surface area contributed by atoms with Gasteiger partial charge in [0, 0.05) is 18.2 Å². The minimum atomic E-state index is -0.211. The summed E-state index contributed by atoms with van der Waals surface area (Å²) >= 11 is 0. The normalized spacial score (nSPS) is 14.9. The van der Waals surface area contributed by atoms with Crippen LogP contribution in [0.5, 0.6) is 23.0 Å². The highest BCUT2D eigenvalue weighted by atomic mass is 79.9. The largest absolute Gasteiger partial charge is 0.504 e. The Bertz CT molecular complexity index is 969. The van der Waals surface area contributed by atoms with Crippen molar-refractivity contribution in [3.63, 3.8) is 0 Å². The third kappa shape index (κ3) is 8.32. The molecule has 0 heterocycles. The van der Waals surface area contributed by atoms with Crippen LogP contribution in [0.25, 0.3) is 0 Å². The first-order chi connectivity index (χ1) is 16.4. The Morgan fingerprint density at radius 1 is 0.971 bits per heavy atom. The molecule has 1 aliphatic rings. The fraction of sp³-hybridized carbons (Fsp3) is 0.519. The number of amides is 1. The molecule has 0 bridgehead atoms. The smallest absolute Gasteiger partial charge is 0.224 e. The van der Waals surface area contributed by atoms with E-state index >= 15 is 0 Å². The van der Waals surface area contributed by atoms with Crippen molar-refractivity contribution < 1.29 is 25.2 Å². The molecule has 35 heavy (non-hydrogen) atoms. The number of benzene rings is 2. The zero-order chi connectivity index (χ0) is 24.5. The van der Waals surface area contributed by atoms with Gasteiger partial charge in [0.25, 0.3) is 0 Å². The van der Waals surface area contributed by atoms with Crippen LogP contribution in [0.4, 0.5) is 0 Å². The maximum absolute atomic E-state index is 12.1. The summed E-state index contributed by atoms with van der Waals surface area (Å²) in [7, 11) is 0. The van der Waals surface area contributed by atoms with Gasteiger partial charge in [0.1, 0.15) is 0 Å². The number of rotatable bonds is 12. The number of phenols is 4. The minimum Gasteiger partial charge on any atom is -0.504 e. The third-order valence-corrected chi connectivity index (χ3v) is 6.67. The van der Waals surface area contributed by atoms with Crippen molar-refractivity contribution in [2.75, 3.05) is 19.6 Å². The van der Waals surface area contributed by atoms with E-state index in [-0.39, 0.29) is 52.3 Å². The maximum atomic E-state index is 12.1. The predicted molar refractivity (Wildman–Crippen MR) is 143 cm³/mol. The Labute approximate surface area is 218 Å². The molecule has 0 aliphatic heterocycles. The molecule has 0 aromatic heterocycles. The Hall–Kier alpha value is -2.45. The lowest BCUT2D eigenvalue weighted by Gasteiger charge is -2.35. The van der Waals surface area contributed by atoms with Gasteiger partial charge < -0.3 is 30.6 Å². The number of hydrogen-bond donors (Lipinski definition) is 5. The van der Waals surface area contributed by atoms with Crippen LogP contribution in [-0.4, -0.2) is 56.9 Å². The molecule has 5 N–H and O–H groups in total. The van der Waals surface area contributed by atoms with E-state index in [2.05, 4.69) is 17.1 Å². The van der Waals surface area contributed by atoms with Gasteiger partial charge >= 0.3 is 0 Å². The lowest BCUT2D eigenvalue weighted by atomic mass is 9.86. The SMILES string of the molecule is Br.CCCN(CCCCCCNC(=O)Cc1ccc(O)c(O)c1)C1CCc2c(ccc(O)c2O)C1. The van der Waals surface area contributed by atoms with Crippen molar-refractivity contribution >= 4 is 22.9 Å². The molecule has 0 spiro atoms. The second-order valence-electron chi connectivity index (χ2n) is 9.27. The molecule has 0 radical (unpaired) electrons. The molecule has 1 amide bonds. The molecule has 0 fully saturated rings. The van der Waals surface area contributed by atoms with Gasteiger partial charge in [-0.3, -0.25) is 4.79 Å². The molecule has 1 unspecified atom stereocenters. The molecule has 2 aromatic carbocycles. The standard InChI is InChI=1S/C27H38N2O5.BrH/c1-2-14-29(21-9-10-22-20(18-21)8-12-24(31)27(22)34)15-6-4-3-5-13-28-26(33)17-19-7-11-23(30)25(32)16-19;/h7-8,11-12,16,21,30-32,34H,2-6,9-10,13-15,17-18H2,1H3,(H,28,33);1H. The Morgan fingerprint density at radius 2 is 1.71 bits per heavy atom. The fourth-order valence-electron chi connectivity index (χ4n) is 4.83. The molecular formula is C27H39BrN2O5. The van der Waals surface area contributed by atoms with Gasteiger partial charge in [0.2, 0.25) is 5.91 Å². The molecule has 194 valence electrons. The number of unbranched alkanes of at least 4 members (excludes halogenated alkanes) is 3. The third-order valence-electron chi connectivity index (χ3n) is 6.67. The van der Waals surface area contributed by atoms with Gasteiger partial charge in [0.15, 0.2) is 23.0 Å². The van der Waals surface area contributed by atoms with Gasteiger partial charge in [-0.25, -0.2) is 0 Å². The zero-order valence-corrected chi connectivity index (χ0v) is 22.2. The lowest BCUT2D eigenvalue weighted by Crippen LogP contribution is -2.40. The van der Waals surface area contributed by atoms with E-state index in [1.807, 2.05) is 6.07 Å². The van der Waals surface area contributed by atoms with E-state index in [9.17, 15) is 25.2 Å². The average molecular weight is 552 g/mol. The van der Waals surface area contributed by atoms with Crippen LogP contribution in [0.1, 0.15) is 62.1 Å². The number of halogens is 1. The van der Waals surface area contributed by atoms with Gasteiger partial charge in [0.05, 0.1) is 6.42 Å². The minimum absolute atomic E-state index is 0. The van der Waals surface area contributed by atoms with Crippen molar-refractivity contribution in [1.82, 2.24) is 10.2 Å². The van der Waals surface area contributed by atoms with Crippen LogP contribution < -0.4 is 5.32 Å². The first kappa shape index (κ1) is 28.8. The topological polar surface area (TPSA) is 113 Å². The van der Waals surface area contributed by atoms with Gasteiger partial charge in [-0.15, -0.1) is 17.0 Å². The van der Waals surface area contributed by atoms with Gasteiger partial charge in [-0.05, 0) is 80.9 Å². The number of carbonyl (C=O) groups excluding carboxylic acids is 1. The Kier molecular flexibility index (Phi) is 11.7. The van der Waals surface area contributed by atoms with Crippen LogP contribution in [-0.2, 0) is 24.1 Å². The second-order valence-corrected chi connectivity index (χ2v) is 9.27. The molecule has 8 heteroatoms. The molecule has 0 saturated carbocycles. The molecular weight excluding hydrogens is 512 g/mol. The predicted octanol–water partition coefficient (Wildman–Crippen LogP) is 4.58. The van der Waals surface area contributed by atoms with E-state index < -0.39 is 0 Å². The highest BCUT2D eigenvalue weighted by molar-refractivity contribution is 8.93. The summed E-state index contributed by atoms with van der Waals surface area (Å²) in [4.78, 5) is 14.6. The molecule has 0 saturated heterocycles. The quantitative estimate of drug-likeness (QED) is 0.195. The van der Waals surface area contributed by atoms with E-state index in [1.54, 1.807) is 12.1 Å². The van der Waals surface area contributed by atoms with E-state index in [1.165, 1.54) is 12.1 Å². The average Bonchev–Trinajstić information content (AvgIpc) is 2.82. The van der Waals surface area contributed by atoms with Crippen LogP contribution >= 0.6 is 17.0 Å². The summed E-state index contributed by atoms with van der Waals surface area (Å²) in [5.74, 6) is -0.465. The fourth-order valence-corrected chi connectivity index (χ4v) is 4.83. The van der Waals surface area contributed by atoms with Crippen molar-refractivity contribution in [3.8, 4) is 23.0 Å². The first-order valence-corrected chi connectivity index (χ1v) is 12.4. The highest BCUT2D eigenvalue weighted by Gasteiger charge is 2.26. The van der Waals surface area contributed by atoms with Crippen molar-refractivity contribution in [2.45, 2.75) is 70.8 Å². The van der Waals surface area contributed by atoms with Crippen LogP contribution in [0.2, 0.25) is 0 Å². The van der Waals surface area contributed by atoms with E-state index in [0.29, 0.717) is 18.2 Å². The van der Waals surface area contributed by atoms with Crippen LogP contribution in [0.15, 0.2) is 30.3 Å². The summed E-state index contributed by atoms with van der Waals surface area (Å²) < 4.78 is 0. The second kappa shape index (κ2) is 14.2. The monoisotopic (exact) mass is 550 g/mol. The summed E-state index contributed by atoms with van der Waals surface area (Å²) in [5.41, 5.74) is 2.71.